The highest BCUT2D eigenvalue weighted by Crippen LogP contribution is 2.36. The summed E-state index contributed by atoms with van der Waals surface area (Å²) < 4.78 is 7.36. The standard InChI is InChI=1S/C16H16Br2N4O/c1-4-23-12-7-11-16(14(18)15(12)19)21-22(20-11)10-5-8(2)13(17)9(3)6-10/h5-7H,4,19H2,1-3H3. The van der Waals surface area contributed by atoms with Crippen LogP contribution in [0.2, 0.25) is 0 Å². The van der Waals surface area contributed by atoms with Crippen molar-refractivity contribution in [2.75, 3.05) is 12.3 Å². The number of ether oxygens (including phenoxy) is 1. The van der Waals surface area contributed by atoms with Gasteiger partial charge in [0.2, 0.25) is 0 Å². The molecule has 120 valence electrons. The molecular formula is C16H16Br2N4O. The van der Waals surface area contributed by atoms with E-state index in [4.69, 9.17) is 10.5 Å². The van der Waals surface area contributed by atoms with Crippen LogP contribution in [0.1, 0.15) is 18.1 Å². The van der Waals surface area contributed by atoms with E-state index >= 15 is 0 Å². The predicted molar refractivity (Wildman–Crippen MR) is 99.3 cm³/mol. The number of anilines is 1. The number of nitrogens with two attached hydrogens (primary N) is 1. The first-order valence-electron chi connectivity index (χ1n) is 7.17. The van der Waals surface area contributed by atoms with E-state index in [1.54, 1.807) is 4.80 Å². The summed E-state index contributed by atoms with van der Waals surface area (Å²) in [5.74, 6) is 0.613. The molecule has 0 bridgehead atoms. The zero-order valence-corrected chi connectivity index (χ0v) is 16.2. The smallest absolute Gasteiger partial charge is 0.145 e. The van der Waals surface area contributed by atoms with Crippen LogP contribution in [0.25, 0.3) is 16.7 Å². The molecule has 0 saturated heterocycles. The van der Waals surface area contributed by atoms with Gasteiger partial charge in [0.05, 0.1) is 22.5 Å². The van der Waals surface area contributed by atoms with Crippen LogP contribution in [0.3, 0.4) is 0 Å². The van der Waals surface area contributed by atoms with Gasteiger partial charge in [-0.05, 0) is 60.0 Å². The maximum absolute atomic E-state index is 6.10. The lowest BCUT2D eigenvalue weighted by atomic mass is 10.1. The fraction of sp³-hybridized carbons (Fsp3) is 0.250. The SMILES string of the molecule is CCOc1cc2nn(-c3cc(C)c(Br)c(C)c3)nc2c(Br)c1N. The predicted octanol–water partition coefficient (Wildman–Crippen LogP) is 4.54. The van der Waals surface area contributed by atoms with Crippen molar-refractivity contribution < 1.29 is 4.74 Å². The van der Waals surface area contributed by atoms with Crippen molar-refractivity contribution in [1.29, 1.82) is 0 Å². The summed E-state index contributed by atoms with van der Waals surface area (Å²) in [6.07, 6.45) is 0. The minimum absolute atomic E-state index is 0.537. The average Bonchev–Trinajstić information content (AvgIpc) is 2.94. The zero-order chi connectivity index (χ0) is 16.7. The molecule has 0 aliphatic rings. The van der Waals surface area contributed by atoms with Crippen LogP contribution in [-0.4, -0.2) is 21.6 Å². The Hall–Kier alpha value is -1.60. The Morgan fingerprint density at radius 3 is 2.35 bits per heavy atom. The zero-order valence-electron chi connectivity index (χ0n) is 13.0. The fourth-order valence-corrected chi connectivity index (χ4v) is 3.14. The molecule has 0 unspecified atom stereocenters. The molecule has 0 amide bonds. The molecule has 3 rings (SSSR count). The third-order valence-corrected chi connectivity index (χ3v) is 5.62. The Morgan fingerprint density at radius 2 is 1.74 bits per heavy atom. The Kier molecular flexibility index (Phi) is 4.33. The van der Waals surface area contributed by atoms with Gasteiger partial charge in [0.1, 0.15) is 16.8 Å². The Labute approximate surface area is 151 Å². The van der Waals surface area contributed by atoms with E-state index in [1.165, 1.54) is 0 Å². The summed E-state index contributed by atoms with van der Waals surface area (Å²) in [6.45, 7) is 6.55. The number of rotatable bonds is 3. The fourth-order valence-electron chi connectivity index (χ4n) is 2.44. The second-order valence-corrected chi connectivity index (χ2v) is 6.87. The largest absolute Gasteiger partial charge is 0.492 e. The number of hydrogen-bond acceptors (Lipinski definition) is 4. The Balaban J connectivity index is 2.19. The molecule has 3 aromatic rings. The number of nitrogen functional groups attached to an aromatic ring is 1. The normalized spacial score (nSPS) is 11.2. The van der Waals surface area contributed by atoms with E-state index in [9.17, 15) is 0 Å². The summed E-state index contributed by atoms with van der Waals surface area (Å²) in [5.41, 5.74) is 11.2. The Bertz CT molecular complexity index is 882. The molecule has 0 aliphatic carbocycles. The molecule has 2 aromatic carbocycles. The van der Waals surface area contributed by atoms with Crippen LogP contribution in [0.5, 0.6) is 5.75 Å². The van der Waals surface area contributed by atoms with Gasteiger partial charge in [0.25, 0.3) is 0 Å². The van der Waals surface area contributed by atoms with Crippen LogP contribution in [0.4, 0.5) is 5.69 Å². The number of nitrogens with zero attached hydrogens (tertiary/aromatic N) is 3. The second-order valence-electron chi connectivity index (χ2n) is 5.29. The van der Waals surface area contributed by atoms with Crippen LogP contribution in [0, 0.1) is 13.8 Å². The van der Waals surface area contributed by atoms with Crippen molar-refractivity contribution in [2.24, 2.45) is 0 Å². The van der Waals surface area contributed by atoms with Gasteiger partial charge in [0, 0.05) is 10.5 Å². The van der Waals surface area contributed by atoms with Gasteiger partial charge in [-0.15, -0.1) is 10.2 Å². The lowest BCUT2D eigenvalue weighted by molar-refractivity contribution is 0.342. The third-order valence-electron chi connectivity index (χ3n) is 3.57. The number of aryl methyl sites for hydroxylation is 2. The molecule has 0 radical (unpaired) electrons. The maximum atomic E-state index is 6.10. The van der Waals surface area contributed by atoms with Crippen molar-refractivity contribution in [1.82, 2.24) is 15.0 Å². The minimum Gasteiger partial charge on any atom is -0.492 e. The molecule has 23 heavy (non-hydrogen) atoms. The first-order chi connectivity index (χ1) is 10.9. The highest BCUT2D eigenvalue weighted by molar-refractivity contribution is 9.11. The van der Waals surface area contributed by atoms with Crippen molar-refractivity contribution >= 4 is 48.6 Å². The van der Waals surface area contributed by atoms with Gasteiger partial charge in [-0.1, -0.05) is 15.9 Å². The van der Waals surface area contributed by atoms with E-state index in [1.807, 2.05) is 39.0 Å². The topological polar surface area (TPSA) is 66.0 Å². The molecule has 1 aromatic heterocycles. The summed E-state index contributed by atoms with van der Waals surface area (Å²) in [6, 6.07) is 5.90. The van der Waals surface area contributed by atoms with Gasteiger partial charge < -0.3 is 10.5 Å². The third kappa shape index (κ3) is 2.83. The summed E-state index contributed by atoms with van der Waals surface area (Å²) in [5, 5.41) is 9.13. The molecule has 1 heterocycles. The molecule has 0 spiro atoms. The van der Waals surface area contributed by atoms with Crippen LogP contribution in [0.15, 0.2) is 27.1 Å². The molecule has 0 atom stereocenters. The first kappa shape index (κ1) is 16.3. The molecule has 2 N–H and O–H groups in total. The highest BCUT2D eigenvalue weighted by atomic mass is 79.9. The molecular weight excluding hydrogens is 424 g/mol. The summed E-state index contributed by atoms with van der Waals surface area (Å²) >= 11 is 7.08. The van der Waals surface area contributed by atoms with Crippen LogP contribution < -0.4 is 10.5 Å². The lowest BCUT2D eigenvalue weighted by Gasteiger charge is -2.07. The number of aromatic nitrogens is 3. The number of benzene rings is 2. The van der Waals surface area contributed by atoms with Crippen LogP contribution >= 0.6 is 31.9 Å². The maximum Gasteiger partial charge on any atom is 0.145 e. The summed E-state index contributed by atoms with van der Waals surface area (Å²) in [4.78, 5) is 1.62. The molecule has 0 fully saturated rings. The van der Waals surface area contributed by atoms with E-state index in [2.05, 4.69) is 42.1 Å². The van der Waals surface area contributed by atoms with Gasteiger partial charge in [-0.3, -0.25) is 0 Å². The van der Waals surface area contributed by atoms with E-state index in [-0.39, 0.29) is 0 Å². The van der Waals surface area contributed by atoms with Gasteiger partial charge in [-0.25, -0.2) is 0 Å². The van der Waals surface area contributed by atoms with Crippen molar-refractivity contribution in [3.8, 4) is 11.4 Å². The lowest BCUT2D eigenvalue weighted by Crippen LogP contribution is -2.00. The van der Waals surface area contributed by atoms with Crippen LogP contribution in [-0.2, 0) is 0 Å². The molecule has 7 heteroatoms. The Morgan fingerprint density at radius 1 is 1.09 bits per heavy atom. The first-order valence-corrected chi connectivity index (χ1v) is 8.76. The van der Waals surface area contributed by atoms with Crippen molar-refractivity contribution in [3.05, 3.63) is 38.3 Å². The van der Waals surface area contributed by atoms with Gasteiger partial charge in [-0.2, -0.15) is 4.80 Å². The summed E-state index contributed by atoms with van der Waals surface area (Å²) in [7, 11) is 0. The minimum atomic E-state index is 0.537. The highest BCUT2D eigenvalue weighted by Gasteiger charge is 2.16. The quantitative estimate of drug-likeness (QED) is 0.608. The number of hydrogen-bond donors (Lipinski definition) is 1. The molecule has 0 aliphatic heterocycles. The molecule has 5 nitrogen and oxygen atoms in total. The van der Waals surface area contributed by atoms with E-state index < -0.39 is 0 Å². The molecule has 0 saturated carbocycles. The van der Waals surface area contributed by atoms with E-state index in [0.717, 1.165) is 26.8 Å². The monoisotopic (exact) mass is 438 g/mol. The van der Waals surface area contributed by atoms with Gasteiger partial charge in [0.15, 0.2) is 0 Å². The van der Waals surface area contributed by atoms with Gasteiger partial charge >= 0.3 is 0 Å². The van der Waals surface area contributed by atoms with Crippen molar-refractivity contribution in [2.45, 2.75) is 20.8 Å². The van der Waals surface area contributed by atoms with E-state index in [0.29, 0.717) is 28.0 Å². The number of fused-ring (bicyclic) bond motifs is 1. The van der Waals surface area contributed by atoms with Crippen molar-refractivity contribution in [3.63, 3.8) is 0 Å². The number of halogens is 2. The second kappa shape index (κ2) is 6.13. The average molecular weight is 440 g/mol.